The van der Waals surface area contributed by atoms with E-state index in [1.807, 2.05) is 41.7 Å². The number of nitrogens with one attached hydrogen (secondary N) is 1. The number of pyridine rings is 2. The van der Waals surface area contributed by atoms with Crippen LogP contribution in [-0.4, -0.2) is 48.4 Å². The highest BCUT2D eigenvalue weighted by Crippen LogP contribution is 2.32. The van der Waals surface area contributed by atoms with Gasteiger partial charge >= 0.3 is 12.1 Å². The first kappa shape index (κ1) is 23.6. The monoisotopic (exact) mass is 493 g/mol. The minimum atomic E-state index is -4.98. The molecule has 0 aliphatic carbocycles. The molecule has 0 unspecified atom stereocenters. The molecule has 10 heteroatoms. The molecule has 184 valence electrons. The lowest BCUT2D eigenvalue weighted by molar-refractivity contribution is -0.167. The zero-order chi connectivity index (χ0) is 25.3. The molecule has 1 amide bonds. The van der Waals surface area contributed by atoms with Crippen LogP contribution in [0.1, 0.15) is 0 Å². The Balaban J connectivity index is 1.44. The molecule has 3 N–H and O–H groups in total. The molecule has 0 radical (unpaired) electrons. The molecule has 1 aliphatic rings. The largest absolute Gasteiger partial charge is 0.471 e. The van der Waals surface area contributed by atoms with Crippen LogP contribution in [0, 0.1) is 0 Å². The van der Waals surface area contributed by atoms with Crippen LogP contribution in [0.2, 0.25) is 0 Å². The smallest absolute Gasteiger partial charge is 0.383 e. The van der Waals surface area contributed by atoms with Crippen LogP contribution < -0.4 is 16.0 Å². The Labute approximate surface area is 204 Å². The fourth-order valence-corrected chi connectivity index (χ4v) is 4.14. The summed E-state index contributed by atoms with van der Waals surface area (Å²) in [5.74, 6) is -1.66. The summed E-state index contributed by atoms with van der Waals surface area (Å²) in [6, 6.07) is 16.9. The first-order valence-corrected chi connectivity index (χ1v) is 11.2. The average Bonchev–Trinajstić information content (AvgIpc) is 2.88. The van der Waals surface area contributed by atoms with Gasteiger partial charge in [-0.2, -0.15) is 13.2 Å². The van der Waals surface area contributed by atoms with E-state index in [1.54, 1.807) is 12.1 Å². The van der Waals surface area contributed by atoms with Gasteiger partial charge in [0.25, 0.3) is 0 Å². The van der Waals surface area contributed by atoms with Gasteiger partial charge in [-0.1, -0.05) is 18.2 Å². The molecule has 0 saturated carbocycles. The molecule has 3 heterocycles. The number of rotatable bonds is 4. The summed E-state index contributed by atoms with van der Waals surface area (Å²) in [5, 5.41) is 2.63. The molecule has 1 aliphatic heterocycles. The Hall–Kier alpha value is -4.18. The first-order valence-electron chi connectivity index (χ1n) is 11.2. The Morgan fingerprint density at radius 2 is 1.67 bits per heavy atom. The minimum Gasteiger partial charge on any atom is -0.383 e. The van der Waals surface area contributed by atoms with Gasteiger partial charge in [-0.3, -0.25) is 9.78 Å². The topological polar surface area (TPSA) is 93.4 Å². The van der Waals surface area contributed by atoms with Gasteiger partial charge in [-0.25, -0.2) is 4.98 Å². The number of nitrogens with two attached hydrogens (primary N) is 1. The van der Waals surface area contributed by atoms with Crippen LogP contribution in [0.3, 0.4) is 0 Å². The van der Waals surface area contributed by atoms with E-state index in [0.29, 0.717) is 35.7 Å². The van der Waals surface area contributed by atoms with E-state index in [-0.39, 0.29) is 5.69 Å². The summed E-state index contributed by atoms with van der Waals surface area (Å²) in [6.07, 6.45) is -2.31. The molecule has 2 aromatic heterocycles. The second-order valence-corrected chi connectivity index (χ2v) is 8.39. The lowest BCUT2D eigenvalue weighted by Gasteiger charge is -2.29. The van der Waals surface area contributed by atoms with E-state index in [4.69, 9.17) is 10.5 Å². The average molecular weight is 493 g/mol. The number of fused-ring (bicyclic) bond motifs is 1. The van der Waals surface area contributed by atoms with Gasteiger partial charge in [0, 0.05) is 41.5 Å². The SMILES string of the molecule is Nc1nc2ccc(-c3cncc(NC(=O)C(F)(F)F)c3)cc2cc1-c1ccc(N2CCOCC2)cc1. The maximum Gasteiger partial charge on any atom is 0.471 e. The van der Waals surface area contributed by atoms with Crippen LogP contribution in [-0.2, 0) is 9.53 Å². The summed E-state index contributed by atoms with van der Waals surface area (Å²) in [7, 11) is 0. The van der Waals surface area contributed by atoms with Crippen molar-refractivity contribution < 1.29 is 22.7 Å². The van der Waals surface area contributed by atoms with Crippen molar-refractivity contribution in [2.75, 3.05) is 42.3 Å². The number of hydrogen-bond donors (Lipinski definition) is 2. The van der Waals surface area contributed by atoms with Gasteiger partial charge in [-0.05, 0) is 47.5 Å². The van der Waals surface area contributed by atoms with E-state index in [1.165, 1.54) is 12.3 Å². The maximum atomic E-state index is 12.6. The predicted molar refractivity (Wildman–Crippen MR) is 133 cm³/mol. The zero-order valence-electron chi connectivity index (χ0n) is 19.0. The van der Waals surface area contributed by atoms with Crippen LogP contribution in [0.5, 0.6) is 0 Å². The lowest BCUT2D eigenvalue weighted by Crippen LogP contribution is -2.36. The Bertz CT molecular complexity index is 1420. The van der Waals surface area contributed by atoms with E-state index in [2.05, 4.69) is 14.9 Å². The number of benzene rings is 2. The maximum absolute atomic E-state index is 12.6. The van der Waals surface area contributed by atoms with Gasteiger partial charge in [-0.15, -0.1) is 0 Å². The highest BCUT2D eigenvalue weighted by Gasteiger charge is 2.38. The van der Waals surface area contributed by atoms with Crippen molar-refractivity contribution in [3.8, 4) is 22.3 Å². The molecule has 4 aromatic rings. The number of carbonyl (C=O) groups excluding carboxylic acids is 1. The fraction of sp³-hybridized carbons (Fsp3) is 0.192. The van der Waals surface area contributed by atoms with Crippen molar-refractivity contribution in [3.63, 3.8) is 0 Å². The fourth-order valence-electron chi connectivity index (χ4n) is 4.14. The van der Waals surface area contributed by atoms with Gasteiger partial charge in [0.1, 0.15) is 5.82 Å². The number of amides is 1. The van der Waals surface area contributed by atoms with Crippen LogP contribution in [0.25, 0.3) is 33.2 Å². The Morgan fingerprint density at radius 3 is 2.39 bits per heavy atom. The van der Waals surface area contributed by atoms with E-state index >= 15 is 0 Å². The first-order chi connectivity index (χ1) is 17.3. The molecular weight excluding hydrogens is 471 g/mol. The molecule has 1 fully saturated rings. The number of aromatic nitrogens is 2. The molecule has 5 rings (SSSR count). The highest BCUT2D eigenvalue weighted by atomic mass is 19.4. The number of anilines is 3. The Morgan fingerprint density at radius 1 is 0.944 bits per heavy atom. The number of hydrogen-bond acceptors (Lipinski definition) is 6. The molecule has 7 nitrogen and oxygen atoms in total. The van der Waals surface area contributed by atoms with Crippen LogP contribution in [0.4, 0.5) is 30.4 Å². The standard InChI is InChI=1S/C26H22F3N5O2/c27-26(28,29)25(35)32-20-12-19(14-31-15-20)17-3-6-23-18(11-17)13-22(24(30)33-23)16-1-4-21(5-2-16)34-7-9-36-10-8-34/h1-6,11-15H,7-10H2,(H2,30,33)(H,32,35). The van der Waals surface area contributed by atoms with Gasteiger partial charge < -0.3 is 20.7 Å². The van der Waals surface area contributed by atoms with Crippen molar-refractivity contribution in [1.82, 2.24) is 9.97 Å². The van der Waals surface area contributed by atoms with Crippen molar-refractivity contribution >= 4 is 34.0 Å². The third-order valence-electron chi connectivity index (χ3n) is 5.99. The summed E-state index contributed by atoms with van der Waals surface area (Å²) >= 11 is 0. The minimum absolute atomic E-state index is 0.0496. The number of halogens is 3. The van der Waals surface area contributed by atoms with Crippen LogP contribution >= 0.6 is 0 Å². The van der Waals surface area contributed by atoms with E-state index in [0.717, 1.165) is 41.5 Å². The summed E-state index contributed by atoms with van der Waals surface area (Å²) in [5.41, 5.74) is 11.0. The van der Waals surface area contributed by atoms with Gasteiger partial charge in [0.05, 0.1) is 30.6 Å². The second-order valence-electron chi connectivity index (χ2n) is 8.39. The molecule has 1 saturated heterocycles. The van der Waals surface area contributed by atoms with E-state index < -0.39 is 12.1 Å². The molecule has 36 heavy (non-hydrogen) atoms. The Kier molecular flexibility index (Phi) is 6.19. The van der Waals surface area contributed by atoms with E-state index in [9.17, 15) is 18.0 Å². The molecule has 0 bridgehead atoms. The van der Waals surface area contributed by atoms with Crippen molar-refractivity contribution in [3.05, 3.63) is 67.0 Å². The van der Waals surface area contributed by atoms with Crippen molar-refractivity contribution in [2.45, 2.75) is 6.18 Å². The normalized spacial score (nSPS) is 14.1. The molecule has 0 spiro atoms. The number of morpholine rings is 1. The van der Waals surface area contributed by atoms with Crippen molar-refractivity contribution in [2.24, 2.45) is 0 Å². The van der Waals surface area contributed by atoms with Gasteiger partial charge in [0.15, 0.2) is 0 Å². The summed E-state index contributed by atoms with van der Waals surface area (Å²) < 4.78 is 43.2. The number of carbonyl (C=O) groups is 1. The summed E-state index contributed by atoms with van der Waals surface area (Å²) in [6.45, 7) is 3.10. The number of alkyl halides is 3. The third kappa shape index (κ3) is 4.94. The highest BCUT2D eigenvalue weighted by molar-refractivity contribution is 5.96. The predicted octanol–water partition coefficient (Wildman–Crippen LogP) is 4.88. The molecule has 2 aromatic carbocycles. The lowest BCUT2D eigenvalue weighted by atomic mass is 10.0. The third-order valence-corrected chi connectivity index (χ3v) is 5.99. The quantitative estimate of drug-likeness (QED) is 0.421. The second kappa shape index (κ2) is 9.46. The number of ether oxygens (including phenoxy) is 1. The number of nitrogens with zero attached hydrogens (tertiary/aromatic N) is 3. The zero-order valence-corrected chi connectivity index (χ0v) is 19.0. The summed E-state index contributed by atoms with van der Waals surface area (Å²) in [4.78, 5) is 22.1. The van der Waals surface area contributed by atoms with Gasteiger partial charge in [0.2, 0.25) is 0 Å². The molecular formula is C26H22F3N5O2. The van der Waals surface area contributed by atoms with Crippen LogP contribution in [0.15, 0.2) is 67.0 Å². The number of nitrogen functional groups attached to an aromatic ring is 1. The molecule has 0 atom stereocenters. The van der Waals surface area contributed by atoms with Crippen molar-refractivity contribution in [1.29, 1.82) is 0 Å².